The lowest BCUT2D eigenvalue weighted by molar-refractivity contribution is -0.132. The lowest BCUT2D eigenvalue weighted by Crippen LogP contribution is -2.50. The molecule has 6 nitrogen and oxygen atoms in total. The highest BCUT2D eigenvalue weighted by Gasteiger charge is 2.22. The molecule has 2 fully saturated rings. The number of anilines is 1. The molecule has 1 aromatic carbocycles. The molecule has 136 valence electrons. The second-order valence-corrected chi connectivity index (χ2v) is 6.94. The van der Waals surface area contributed by atoms with Gasteiger partial charge in [-0.2, -0.15) is 0 Å². The Hall–Kier alpha value is -2.08. The molecule has 2 aliphatic heterocycles. The molecule has 1 aromatic rings. The van der Waals surface area contributed by atoms with Gasteiger partial charge in [-0.1, -0.05) is 12.1 Å². The standard InChI is InChI=1S/C19H28N4O2/c1-17-3-2-4-18(15-17)22-11-13-23(14-12-22)19(25)5-6-20-7-9-21(16-24)10-8-20/h2-4,15-16H,5-14H2,1H3. The Morgan fingerprint density at radius 1 is 1.04 bits per heavy atom. The summed E-state index contributed by atoms with van der Waals surface area (Å²) in [7, 11) is 0. The molecule has 0 bridgehead atoms. The number of carbonyl (C=O) groups excluding carboxylic acids is 2. The van der Waals surface area contributed by atoms with Crippen LogP contribution in [0.3, 0.4) is 0 Å². The van der Waals surface area contributed by atoms with Crippen molar-refractivity contribution in [3.05, 3.63) is 29.8 Å². The van der Waals surface area contributed by atoms with Gasteiger partial charge in [0, 0.05) is 71.0 Å². The molecule has 2 heterocycles. The van der Waals surface area contributed by atoms with Gasteiger partial charge >= 0.3 is 0 Å². The first-order valence-electron chi connectivity index (χ1n) is 9.17. The first kappa shape index (κ1) is 17.7. The van der Waals surface area contributed by atoms with Crippen molar-refractivity contribution in [1.82, 2.24) is 14.7 Å². The van der Waals surface area contributed by atoms with Crippen LogP contribution in [0.1, 0.15) is 12.0 Å². The van der Waals surface area contributed by atoms with Crippen molar-refractivity contribution in [3.63, 3.8) is 0 Å². The van der Waals surface area contributed by atoms with Gasteiger partial charge < -0.3 is 14.7 Å². The van der Waals surface area contributed by atoms with Crippen LogP contribution in [0.25, 0.3) is 0 Å². The second-order valence-electron chi connectivity index (χ2n) is 6.94. The number of hydrogen-bond donors (Lipinski definition) is 0. The van der Waals surface area contributed by atoms with E-state index in [0.717, 1.165) is 65.3 Å². The zero-order valence-electron chi connectivity index (χ0n) is 15.1. The van der Waals surface area contributed by atoms with E-state index in [4.69, 9.17) is 0 Å². The van der Waals surface area contributed by atoms with E-state index < -0.39 is 0 Å². The van der Waals surface area contributed by atoms with Crippen molar-refractivity contribution in [2.45, 2.75) is 13.3 Å². The maximum atomic E-state index is 12.5. The normalized spacial score (nSPS) is 19.2. The van der Waals surface area contributed by atoms with Crippen LogP contribution in [0, 0.1) is 6.92 Å². The van der Waals surface area contributed by atoms with E-state index in [1.807, 2.05) is 4.90 Å². The molecular formula is C19H28N4O2. The van der Waals surface area contributed by atoms with Gasteiger partial charge in [0.15, 0.2) is 0 Å². The zero-order chi connectivity index (χ0) is 17.6. The number of amides is 2. The van der Waals surface area contributed by atoms with Crippen molar-refractivity contribution in [3.8, 4) is 0 Å². The fourth-order valence-electron chi connectivity index (χ4n) is 3.54. The fraction of sp³-hybridized carbons (Fsp3) is 0.579. The van der Waals surface area contributed by atoms with Gasteiger partial charge in [0.25, 0.3) is 0 Å². The molecule has 0 saturated carbocycles. The maximum Gasteiger partial charge on any atom is 0.223 e. The zero-order valence-corrected chi connectivity index (χ0v) is 15.1. The minimum atomic E-state index is 0.252. The van der Waals surface area contributed by atoms with E-state index in [1.54, 1.807) is 4.90 Å². The molecule has 0 N–H and O–H groups in total. The summed E-state index contributed by atoms with van der Waals surface area (Å²) in [6.45, 7) is 9.57. The number of carbonyl (C=O) groups is 2. The number of benzene rings is 1. The van der Waals surface area contributed by atoms with Crippen molar-refractivity contribution in [2.24, 2.45) is 0 Å². The highest BCUT2D eigenvalue weighted by Crippen LogP contribution is 2.18. The molecule has 0 atom stereocenters. The number of rotatable bonds is 5. The summed E-state index contributed by atoms with van der Waals surface area (Å²) in [6, 6.07) is 8.55. The molecular weight excluding hydrogens is 316 g/mol. The molecule has 6 heteroatoms. The van der Waals surface area contributed by atoms with Gasteiger partial charge in [-0.25, -0.2) is 0 Å². The lowest BCUT2D eigenvalue weighted by Gasteiger charge is -2.37. The molecule has 3 rings (SSSR count). The number of nitrogens with zero attached hydrogens (tertiary/aromatic N) is 4. The van der Waals surface area contributed by atoms with E-state index in [1.165, 1.54) is 11.3 Å². The number of aryl methyl sites for hydroxylation is 1. The van der Waals surface area contributed by atoms with Crippen LogP contribution < -0.4 is 4.90 Å². The average Bonchev–Trinajstić information content (AvgIpc) is 2.66. The van der Waals surface area contributed by atoms with Crippen molar-refractivity contribution >= 4 is 18.0 Å². The smallest absolute Gasteiger partial charge is 0.223 e. The molecule has 0 spiro atoms. The Morgan fingerprint density at radius 2 is 1.76 bits per heavy atom. The number of piperazine rings is 2. The van der Waals surface area contributed by atoms with Gasteiger partial charge in [-0.3, -0.25) is 14.5 Å². The molecule has 2 amide bonds. The molecule has 2 aliphatic rings. The summed E-state index contributed by atoms with van der Waals surface area (Å²) in [4.78, 5) is 31.6. The summed E-state index contributed by atoms with van der Waals surface area (Å²) in [5.41, 5.74) is 2.52. The van der Waals surface area contributed by atoms with E-state index in [9.17, 15) is 9.59 Å². The summed E-state index contributed by atoms with van der Waals surface area (Å²) in [6.07, 6.45) is 1.49. The van der Waals surface area contributed by atoms with Gasteiger partial charge in [-0.15, -0.1) is 0 Å². The van der Waals surface area contributed by atoms with E-state index >= 15 is 0 Å². The molecule has 0 unspecified atom stereocenters. The second kappa shape index (κ2) is 8.34. The Labute approximate surface area is 150 Å². The van der Waals surface area contributed by atoms with Crippen LogP contribution in [0.4, 0.5) is 5.69 Å². The minimum Gasteiger partial charge on any atom is -0.368 e. The highest BCUT2D eigenvalue weighted by atomic mass is 16.2. The molecule has 0 aromatic heterocycles. The first-order chi connectivity index (χ1) is 12.2. The van der Waals surface area contributed by atoms with Crippen LogP contribution in [0.2, 0.25) is 0 Å². The molecule has 2 saturated heterocycles. The predicted molar refractivity (Wildman–Crippen MR) is 98.7 cm³/mol. The van der Waals surface area contributed by atoms with Gasteiger partial charge in [-0.05, 0) is 24.6 Å². The maximum absolute atomic E-state index is 12.5. The molecule has 0 aliphatic carbocycles. The highest BCUT2D eigenvalue weighted by molar-refractivity contribution is 5.76. The Balaban J connectivity index is 1.40. The summed E-state index contributed by atoms with van der Waals surface area (Å²) < 4.78 is 0. The third-order valence-electron chi connectivity index (χ3n) is 5.20. The Morgan fingerprint density at radius 3 is 2.40 bits per heavy atom. The summed E-state index contributed by atoms with van der Waals surface area (Å²) in [5.74, 6) is 0.252. The SMILES string of the molecule is Cc1cccc(N2CCN(C(=O)CCN3CCN(C=O)CC3)CC2)c1. The quantitative estimate of drug-likeness (QED) is 0.742. The van der Waals surface area contributed by atoms with Gasteiger partial charge in [0.1, 0.15) is 0 Å². The fourth-order valence-corrected chi connectivity index (χ4v) is 3.54. The predicted octanol–water partition coefficient (Wildman–Crippen LogP) is 0.808. The summed E-state index contributed by atoms with van der Waals surface area (Å²) in [5, 5.41) is 0. The molecule has 0 radical (unpaired) electrons. The van der Waals surface area contributed by atoms with Crippen molar-refractivity contribution in [2.75, 3.05) is 63.8 Å². The largest absolute Gasteiger partial charge is 0.368 e. The van der Waals surface area contributed by atoms with Gasteiger partial charge in [0.2, 0.25) is 12.3 Å². The molecule has 25 heavy (non-hydrogen) atoms. The summed E-state index contributed by atoms with van der Waals surface area (Å²) >= 11 is 0. The van der Waals surface area contributed by atoms with Gasteiger partial charge in [0.05, 0.1) is 0 Å². The minimum absolute atomic E-state index is 0.252. The van der Waals surface area contributed by atoms with E-state index in [-0.39, 0.29) is 5.91 Å². The van der Waals surface area contributed by atoms with Crippen LogP contribution in [-0.2, 0) is 9.59 Å². The van der Waals surface area contributed by atoms with Crippen LogP contribution in [-0.4, -0.2) is 85.9 Å². The lowest BCUT2D eigenvalue weighted by atomic mass is 10.2. The van der Waals surface area contributed by atoms with Crippen LogP contribution in [0.15, 0.2) is 24.3 Å². The van der Waals surface area contributed by atoms with Crippen LogP contribution in [0.5, 0.6) is 0 Å². The van der Waals surface area contributed by atoms with Crippen LogP contribution >= 0.6 is 0 Å². The van der Waals surface area contributed by atoms with Crippen molar-refractivity contribution < 1.29 is 9.59 Å². The topological polar surface area (TPSA) is 47.1 Å². The monoisotopic (exact) mass is 344 g/mol. The van der Waals surface area contributed by atoms with E-state index in [2.05, 4.69) is 41.0 Å². The van der Waals surface area contributed by atoms with Crippen molar-refractivity contribution in [1.29, 1.82) is 0 Å². The third kappa shape index (κ3) is 4.72. The Kier molecular flexibility index (Phi) is 5.91. The average molecular weight is 344 g/mol. The Bertz CT molecular complexity index is 591. The van der Waals surface area contributed by atoms with E-state index in [0.29, 0.717) is 6.42 Å². The third-order valence-corrected chi connectivity index (χ3v) is 5.20. The first-order valence-corrected chi connectivity index (χ1v) is 9.17. The number of hydrogen-bond acceptors (Lipinski definition) is 4.